The highest BCUT2D eigenvalue weighted by Gasteiger charge is 2.32. The first kappa shape index (κ1) is 14.3. The maximum atomic E-state index is 12.9. The van der Waals surface area contributed by atoms with E-state index in [1.807, 2.05) is 11.8 Å². The van der Waals surface area contributed by atoms with E-state index in [1.165, 1.54) is 0 Å². The molecule has 4 rings (SSSR count). The summed E-state index contributed by atoms with van der Waals surface area (Å²) in [4.78, 5) is 23.7. The molecule has 4 heterocycles. The van der Waals surface area contributed by atoms with Crippen LogP contribution in [-0.2, 0) is 7.05 Å². The molecular weight excluding hydrogens is 312 g/mol. The van der Waals surface area contributed by atoms with Gasteiger partial charge in [0.1, 0.15) is 5.52 Å². The van der Waals surface area contributed by atoms with Crippen LogP contribution in [0.5, 0.6) is 0 Å². The highest BCUT2D eigenvalue weighted by Crippen LogP contribution is 2.33. The van der Waals surface area contributed by atoms with E-state index in [2.05, 4.69) is 25.7 Å². The highest BCUT2D eigenvalue weighted by molar-refractivity contribution is 7.09. The van der Waals surface area contributed by atoms with Crippen molar-refractivity contribution in [3.05, 3.63) is 33.9 Å². The molecule has 0 unspecified atom stereocenters. The van der Waals surface area contributed by atoms with Crippen molar-refractivity contribution in [1.82, 2.24) is 29.9 Å². The summed E-state index contributed by atoms with van der Waals surface area (Å²) in [5.41, 5.74) is 2.86. The molecule has 1 fully saturated rings. The fourth-order valence-electron chi connectivity index (χ4n) is 3.06. The quantitative estimate of drug-likeness (QED) is 0.720. The molecule has 3 aromatic heterocycles. The van der Waals surface area contributed by atoms with Crippen molar-refractivity contribution in [3.63, 3.8) is 0 Å². The van der Waals surface area contributed by atoms with Crippen molar-refractivity contribution < 1.29 is 4.79 Å². The van der Waals surface area contributed by atoms with Gasteiger partial charge in [-0.25, -0.2) is 14.6 Å². The van der Waals surface area contributed by atoms with E-state index in [4.69, 9.17) is 0 Å². The first-order valence-corrected chi connectivity index (χ1v) is 8.40. The van der Waals surface area contributed by atoms with Crippen LogP contribution in [0.1, 0.15) is 39.9 Å². The smallest absolute Gasteiger partial charge is 0.256 e. The predicted molar refractivity (Wildman–Crippen MR) is 86.2 cm³/mol. The molecule has 1 amide bonds. The van der Waals surface area contributed by atoms with Crippen LogP contribution in [-0.4, -0.2) is 42.3 Å². The lowest BCUT2D eigenvalue weighted by molar-refractivity contribution is 0.0733. The van der Waals surface area contributed by atoms with E-state index in [1.54, 1.807) is 35.3 Å². The number of carbonyl (C=O) groups is 1. The molecule has 3 aromatic rings. The first-order chi connectivity index (χ1) is 11.1. The Morgan fingerprint density at radius 1 is 1.43 bits per heavy atom. The van der Waals surface area contributed by atoms with Crippen molar-refractivity contribution in [2.24, 2.45) is 7.05 Å². The molecule has 0 spiro atoms. The van der Waals surface area contributed by atoms with Crippen molar-refractivity contribution >= 4 is 28.4 Å². The molecule has 0 aliphatic carbocycles. The van der Waals surface area contributed by atoms with Gasteiger partial charge in [0.05, 0.1) is 22.3 Å². The first-order valence-electron chi connectivity index (χ1n) is 7.52. The third kappa shape index (κ3) is 2.39. The van der Waals surface area contributed by atoms with Crippen molar-refractivity contribution in [2.45, 2.75) is 25.8 Å². The number of amides is 1. The minimum atomic E-state index is -0.0155. The van der Waals surface area contributed by atoms with Gasteiger partial charge in [-0.3, -0.25) is 4.79 Å². The molecule has 0 N–H and O–H groups in total. The molecule has 23 heavy (non-hydrogen) atoms. The maximum absolute atomic E-state index is 12.9. The Kier molecular flexibility index (Phi) is 3.33. The monoisotopic (exact) mass is 328 g/mol. The van der Waals surface area contributed by atoms with Crippen molar-refractivity contribution in [1.29, 1.82) is 0 Å². The fourth-order valence-corrected chi connectivity index (χ4v) is 3.72. The lowest BCUT2D eigenvalue weighted by Crippen LogP contribution is -2.30. The van der Waals surface area contributed by atoms with Gasteiger partial charge in [-0.15, -0.1) is 16.4 Å². The molecule has 0 saturated carbocycles. The van der Waals surface area contributed by atoms with Gasteiger partial charge in [0.15, 0.2) is 5.65 Å². The number of nitrogens with zero attached hydrogens (tertiary/aromatic N) is 6. The molecule has 1 atom stereocenters. The molecule has 1 saturated heterocycles. The second kappa shape index (κ2) is 5.38. The van der Waals surface area contributed by atoms with Gasteiger partial charge < -0.3 is 4.90 Å². The summed E-state index contributed by atoms with van der Waals surface area (Å²) >= 11 is 1.62. The normalized spacial score (nSPS) is 18.0. The minimum Gasteiger partial charge on any atom is -0.330 e. The Labute approximate surface area is 137 Å². The molecule has 1 aliphatic rings. The molecule has 0 bridgehead atoms. The maximum Gasteiger partial charge on any atom is 0.256 e. The number of aryl methyl sites for hydroxylation is 2. The summed E-state index contributed by atoms with van der Waals surface area (Å²) in [5, 5.41) is 11.0. The van der Waals surface area contributed by atoms with E-state index in [-0.39, 0.29) is 11.9 Å². The van der Waals surface area contributed by atoms with E-state index in [0.717, 1.165) is 30.1 Å². The number of aromatic nitrogens is 5. The number of pyridine rings is 1. The van der Waals surface area contributed by atoms with Gasteiger partial charge >= 0.3 is 0 Å². The van der Waals surface area contributed by atoms with E-state index >= 15 is 0 Å². The largest absolute Gasteiger partial charge is 0.330 e. The lowest BCUT2D eigenvalue weighted by atomic mass is 10.1. The van der Waals surface area contributed by atoms with Crippen LogP contribution in [0.2, 0.25) is 0 Å². The Hall–Kier alpha value is -2.35. The standard InChI is InChI=1S/C15H16N6OS/c1-9-17-12(8-23-9)13-4-3-5-21(13)15(22)10-6-11-14(16-7-10)20(2)19-18-11/h6-8,13H,3-5H2,1-2H3/t13-/m1/s1. The number of fused-ring (bicyclic) bond motifs is 1. The number of thiazole rings is 1. The average molecular weight is 328 g/mol. The summed E-state index contributed by atoms with van der Waals surface area (Å²) in [6.07, 6.45) is 3.55. The van der Waals surface area contributed by atoms with Crippen LogP contribution in [0.15, 0.2) is 17.6 Å². The Morgan fingerprint density at radius 3 is 3.09 bits per heavy atom. The van der Waals surface area contributed by atoms with Crippen LogP contribution in [0.25, 0.3) is 11.2 Å². The molecule has 0 aromatic carbocycles. The molecule has 0 radical (unpaired) electrons. The summed E-state index contributed by atoms with van der Waals surface area (Å²) in [7, 11) is 1.78. The Bertz CT molecular complexity index is 885. The van der Waals surface area contributed by atoms with Crippen molar-refractivity contribution in [2.75, 3.05) is 6.54 Å². The second-order valence-electron chi connectivity index (χ2n) is 5.73. The zero-order chi connectivity index (χ0) is 16.0. The molecule has 8 heteroatoms. The Balaban J connectivity index is 1.66. The van der Waals surface area contributed by atoms with Gasteiger partial charge in [-0.05, 0) is 25.8 Å². The molecule has 7 nitrogen and oxygen atoms in total. The van der Waals surface area contributed by atoms with Crippen LogP contribution in [0.4, 0.5) is 0 Å². The molecule has 1 aliphatic heterocycles. The summed E-state index contributed by atoms with van der Waals surface area (Å²) in [5.74, 6) is -0.0155. The van der Waals surface area contributed by atoms with Crippen molar-refractivity contribution in [3.8, 4) is 0 Å². The van der Waals surface area contributed by atoms with Gasteiger partial charge in [-0.2, -0.15) is 0 Å². The van der Waals surface area contributed by atoms with Crippen LogP contribution in [0, 0.1) is 6.92 Å². The third-order valence-electron chi connectivity index (χ3n) is 4.18. The number of rotatable bonds is 2. The minimum absolute atomic E-state index is 0.0155. The topological polar surface area (TPSA) is 76.8 Å². The van der Waals surface area contributed by atoms with Gasteiger partial charge in [0.2, 0.25) is 0 Å². The highest BCUT2D eigenvalue weighted by atomic mass is 32.1. The number of likely N-dealkylation sites (tertiary alicyclic amines) is 1. The van der Waals surface area contributed by atoms with E-state index in [0.29, 0.717) is 16.7 Å². The van der Waals surface area contributed by atoms with Gasteiger partial charge in [0.25, 0.3) is 5.91 Å². The van der Waals surface area contributed by atoms with E-state index < -0.39 is 0 Å². The fraction of sp³-hybridized carbons (Fsp3) is 0.400. The number of hydrogen-bond donors (Lipinski definition) is 0. The molecule has 118 valence electrons. The summed E-state index contributed by atoms with van der Waals surface area (Å²) < 4.78 is 1.60. The zero-order valence-corrected chi connectivity index (χ0v) is 13.7. The van der Waals surface area contributed by atoms with E-state index in [9.17, 15) is 4.79 Å². The summed E-state index contributed by atoms with van der Waals surface area (Å²) in [6.45, 7) is 2.74. The third-order valence-corrected chi connectivity index (χ3v) is 4.97. The summed E-state index contributed by atoms with van der Waals surface area (Å²) in [6, 6.07) is 1.82. The predicted octanol–water partition coefficient (Wildman–Crippen LogP) is 2.11. The second-order valence-corrected chi connectivity index (χ2v) is 6.79. The lowest BCUT2D eigenvalue weighted by Gasteiger charge is -2.23. The van der Waals surface area contributed by atoms with Gasteiger partial charge in [0, 0.05) is 25.2 Å². The zero-order valence-electron chi connectivity index (χ0n) is 12.9. The van der Waals surface area contributed by atoms with Crippen LogP contribution in [0.3, 0.4) is 0 Å². The Morgan fingerprint density at radius 2 is 2.30 bits per heavy atom. The number of hydrogen-bond acceptors (Lipinski definition) is 6. The molecular formula is C15H16N6OS. The van der Waals surface area contributed by atoms with Crippen LogP contribution < -0.4 is 0 Å². The number of carbonyl (C=O) groups excluding carboxylic acids is 1. The SMILES string of the molecule is Cc1nc([C@H]2CCCN2C(=O)c2cnc3c(c2)nnn3C)cs1. The van der Waals surface area contributed by atoms with Gasteiger partial charge in [-0.1, -0.05) is 5.21 Å². The van der Waals surface area contributed by atoms with Crippen LogP contribution >= 0.6 is 11.3 Å². The average Bonchev–Trinajstić information content (AvgIpc) is 3.26.